The van der Waals surface area contributed by atoms with Gasteiger partial charge in [0.25, 0.3) is 17.7 Å². The molecule has 0 spiro atoms. The van der Waals surface area contributed by atoms with E-state index in [1.807, 2.05) is 19.1 Å². The number of halogens is 5. The Balaban J connectivity index is 1.69. The van der Waals surface area contributed by atoms with E-state index in [0.29, 0.717) is 22.7 Å². The molecule has 2 heterocycles. The third-order valence-electron chi connectivity index (χ3n) is 6.65. The molecule has 3 amide bonds. The number of rotatable bonds is 5. The molecule has 0 unspecified atom stereocenters. The number of imide groups is 1. The third kappa shape index (κ3) is 3.88. The number of ether oxygens (including phenoxy) is 2. The first-order valence-electron chi connectivity index (χ1n) is 11.1. The van der Waals surface area contributed by atoms with E-state index in [9.17, 15) is 14.4 Å². The highest BCUT2D eigenvalue weighted by Gasteiger charge is 2.59. The van der Waals surface area contributed by atoms with E-state index in [0.717, 1.165) is 14.9 Å². The van der Waals surface area contributed by atoms with Gasteiger partial charge in [-0.05, 0) is 48.9 Å². The average Bonchev–Trinajstić information content (AvgIpc) is 3.16. The lowest BCUT2D eigenvalue weighted by molar-refractivity contribution is -0.130. The molecule has 3 aromatic carbocycles. The molecule has 2 atom stereocenters. The Morgan fingerprint density at radius 1 is 0.763 bits per heavy atom. The molecular formula is C26H17BrCl4N2O5. The van der Waals surface area contributed by atoms with Gasteiger partial charge in [0.15, 0.2) is 0 Å². The summed E-state index contributed by atoms with van der Waals surface area (Å²) in [7, 11) is 2.99. The lowest BCUT2D eigenvalue weighted by Crippen LogP contribution is -2.67. The molecule has 196 valence electrons. The summed E-state index contributed by atoms with van der Waals surface area (Å²) >= 11 is 28.5. The van der Waals surface area contributed by atoms with Crippen LogP contribution in [0.3, 0.4) is 0 Å². The molecular weight excluding hydrogens is 642 g/mol. The summed E-state index contributed by atoms with van der Waals surface area (Å²) in [6.07, 6.45) is 0. The zero-order valence-electron chi connectivity index (χ0n) is 19.9. The predicted molar refractivity (Wildman–Crippen MR) is 149 cm³/mol. The average molecular weight is 659 g/mol. The minimum absolute atomic E-state index is 0.155. The molecule has 0 aromatic heterocycles. The van der Waals surface area contributed by atoms with E-state index in [1.54, 1.807) is 24.3 Å². The number of β-lactam (4-membered cyclic amide) rings is 1. The normalized spacial score (nSPS) is 18.6. The van der Waals surface area contributed by atoms with E-state index in [4.69, 9.17) is 55.9 Å². The van der Waals surface area contributed by atoms with Crippen LogP contribution in [0.25, 0.3) is 0 Å². The first kappa shape index (κ1) is 27.1. The number of nitrogens with zero attached hydrogens (tertiary/aromatic N) is 2. The van der Waals surface area contributed by atoms with Crippen molar-refractivity contribution in [2.24, 2.45) is 0 Å². The molecule has 38 heavy (non-hydrogen) atoms. The monoisotopic (exact) mass is 656 g/mol. The maximum Gasteiger partial charge on any atom is 0.264 e. The minimum Gasteiger partial charge on any atom is -0.497 e. The fraction of sp³-hybridized carbons (Fsp3) is 0.192. The second kappa shape index (κ2) is 9.92. The molecule has 2 aliphatic heterocycles. The summed E-state index contributed by atoms with van der Waals surface area (Å²) in [6.45, 7) is 1.89. The van der Waals surface area contributed by atoms with E-state index in [1.165, 1.54) is 19.1 Å². The Hall–Kier alpha value is -2.49. The number of anilines is 1. The van der Waals surface area contributed by atoms with Gasteiger partial charge in [-0.1, -0.05) is 62.3 Å². The van der Waals surface area contributed by atoms with E-state index < -0.39 is 29.8 Å². The molecule has 5 rings (SSSR count). The molecule has 0 aliphatic carbocycles. The molecule has 7 nitrogen and oxygen atoms in total. The number of carbonyl (C=O) groups excluding carboxylic acids is 3. The maximum absolute atomic E-state index is 13.8. The lowest BCUT2D eigenvalue weighted by atomic mass is 9.85. The fourth-order valence-electron chi connectivity index (χ4n) is 4.79. The molecule has 0 saturated carbocycles. The number of fused-ring (bicyclic) bond motifs is 1. The Bertz CT molecular complexity index is 1520. The highest BCUT2D eigenvalue weighted by atomic mass is 79.9. The van der Waals surface area contributed by atoms with E-state index in [2.05, 4.69) is 15.9 Å². The van der Waals surface area contributed by atoms with Crippen LogP contribution in [0.4, 0.5) is 5.69 Å². The van der Waals surface area contributed by atoms with Crippen LogP contribution >= 0.6 is 62.3 Å². The molecule has 12 heteroatoms. The number of hydrogen-bond donors (Lipinski definition) is 0. The summed E-state index contributed by atoms with van der Waals surface area (Å²) in [5.41, 5.74) is 1.59. The predicted octanol–water partition coefficient (Wildman–Crippen LogP) is 7.14. The summed E-state index contributed by atoms with van der Waals surface area (Å²) in [5, 5.41) is -0.727. The van der Waals surface area contributed by atoms with Crippen molar-refractivity contribution in [1.82, 2.24) is 4.90 Å². The van der Waals surface area contributed by atoms with Gasteiger partial charge in [0, 0.05) is 15.7 Å². The van der Waals surface area contributed by atoms with Crippen LogP contribution in [0.5, 0.6) is 11.5 Å². The molecule has 0 N–H and O–H groups in total. The number of methoxy groups -OCH3 is 2. The summed E-state index contributed by atoms with van der Waals surface area (Å²) in [6, 6.07) is 8.45. The highest BCUT2D eigenvalue weighted by molar-refractivity contribution is 9.10. The van der Waals surface area contributed by atoms with Gasteiger partial charge in [-0.15, -0.1) is 0 Å². The maximum atomic E-state index is 13.8. The van der Waals surface area contributed by atoms with Crippen LogP contribution in [-0.4, -0.2) is 42.9 Å². The van der Waals surface area contributed by atoms with Crippen molar-refractivity contribution in [2.45, 2.75) is 19.0 Å². The third-order valence-corrected chi connectivity index (χ3v) is 9.35. The van der Waals surface area contributed by atoms with Gasteiger partial charge in [-0.3, -0.25) is 19.3 Å². The topological polar surface area (TPSA) is 76.1 Å². The van der Waals surface area contributed by atoms with Crippen LogP contribution < -0.4 is 14.4 Å². The number of carbonyl (C=O) groups is 3. The first-order chi connectivity index (χ1) is 18.0. The molecule has 0 radical (unpaired) electrons. The van der Waals surface area contributed by atoms with Crippen LogP contribution in [0.2, 0.25) is 20.1 Å². The van der Waals surface area contributed by atoms with Crippen LogP contribution in [-0.2, 0) is 4.79 Å². The van der Waals surface area contributed by atoms with Crippen molar-refractivity contribution < 1.29 is 23.9 Å². The summed E-state index contributed by atoms with van der Waals surface area (Å²) < 4.78 is 11.9. The second-order valence-electron chi connectivity index (χ2n) is 8.63. The Kier molecular flexibility index (Phi) is 7.07. The van der Waals surface area contributed by atoms with Crippen molar-refractivity contribution >= 4 is 85.7 Å². The van der Waals surface area contributed by atoms with Crippen molar-refractivity contribution in [1.29, 1.82) is 0 Å². The van der Waals surface area contributed by atoms with Crippen LogP contribution in [0.1, 0.15) is 37.9 Å². The van der Waals surface area contributed by atoms with Gasteiger partial charge < -0.3 is 14.4 Å². The second-order valence-corrected chi connectivity index (χ2v) is 11.0. The Morgan fingerprint density at radius 2 is 1.37 bits per heavy atom. The van der Waals surface area contributed by atoms with Crippen molar-refractivity contribution in [3.05, 3.63) is 83.2 Å². The number of aryl methyl sites for hydroxylation is 1. The quantitative estimate of drug-likeness (QED) is 0.126. The van der Waals surface area contributed by atoms with Crippen molar-refractivity contribution in [3.8, 4) is 11.5 Å². The Morgan fingerprint density at radius 3 is 1.89 bits per heavy atom. The van der Waals surface area contributed by atoms with Gasteiger partial charge in [0.1, 0.15) is 17.5 Å². The zero-order valence-corrected chi connectivity index (χ0v) is 24.6. The Labute approximate surface area is 246 Å². The van der Waals surface area contributed by atoms with Gasteiger partial charge in [-0.2, -0.15) is 0 Å². The largest absolute Gasteiger partial charge is 0.497 e. The first-order valence-corrected chi connectivity index (χ1v) is 13.4. The fourth-order valence-corrected chi connectivity index (χ4v) is 6.05. The molecule has 1 fully saturated rings. The summed E-state index contributed by atoms with van der Waals surface area (Å²) in [5.74, 6) is -1.15. The van der Waals surface area contributed by atoms with Gasteiger partial charge in [0.05, 0.1) is 51.5 Å². The SMILES string of the molecule is COc1ccc(OC)c([C@@H]2[C@H](N3C(=O)c4c(Cl)c(Cl)c(Cl)c(Cl)c4C3=O)C(=O)N2c2ccc(Br)c(C)c2)c1. The smallest absolute Gasteiger partial charge is 0.264 e. The van der Waals surface area contributed by atoms with Crippen LogP contribution in [0, 0.1) is 6.92 Å². The minimum atomic E-state index is -1.24. The van der Waals surface area contributed by atoms with Crippen molar-refractivity contribution in [2.75, 3.05) is 19.1 Å². The van der Waals surface area contributed by atoms with Gasteiger partial charge >= 0.3 is 0 Å². The summed E-state index contributed by atoms with van der Waals surface area (Å²) in [4.78, 5) is 43.5. The molecule has 0 bridgehead atoms. The zero-order chi connectivity index (χ0) is 27.6. The lowest BCUT2D eigenvalue weighted by Gasteiger charge is -2.50. The molecule has 2 aliphatic rings. The van der Waals surface area contributed by atoms with Crippen LogP contribution in [0.15, 0.2) is 40.9 Å². The highest BCUT2D eigenvalue weighted by Crippen LogP contribution is 2.51. The molecule has 3 aromatic rings. The van der Waals surface area contributed by atoms with E-state index >= 15 is 0 Å². The van der Waals surface area contributed by atoms with Gasteiger partial charge in [-0.25, -0.2) is 0 Å². The van der Waals surface area contributed by atoms with Gasteiger partial charge in [0.2, 0.25) is 0 Å². The number of hydrogen-bond acceptors (Lipinski definition) is 5. The van der Waals surface area contributed by atoms with E-state index in [-0.39, 0.29) is 31.2 Å². The number of benzene rings is 3. The number of amides is 3. The standard InChI is InChI=1S/C26H17BrCl4N2O5/c1-10-8-11(4-6-14(10)27)32-22(13-9-12(37-2)5-7-15(13)38-3)23(26(32)36)33-24(34)16-17(25(33)35)19(29)21(31)20(30)18(16)28/h4-9,22-23H,1-3H3/t22-,23+/m1/s1. The molecule has 1 saturated heterocycles. The van der Waals surface area contributed by atoms with Crippen molar-refractivity contribution in [3.63, 3.8) is 0 Å².